The van der Waals surface area contributed by atoms with Gasteiger partial charge in [0, 0.05) is 38.8 Å². The Morgan fingerprint density at radius 2 is 1.03 bits per heavy atom. The van der Waals surface area contributed by atoms with Gasteiger partial charge in [-0.15, -0.1) is 0 Å². The van der Waals surface area contributed by atoms with Crippen molar-refractivity contribution in [3.63, 3.8) is 0 Å². The fourth-order valence-corrected chi connectivity index (χ4v) is 7.55. The second kappa shape index (κ2) is 20.6. The Morgan fingerprint density at radius 1 is 0.644 bits per heavy atom. The molecule has 0 saturated carbocycles. The van der Waals surface area contributed by atoms with Gasteiger partial charge in [0.25, 0.3) is 0 Å². The van der Waals surface area contributed by atoms with Crippen molar-refractivity contribution in [2.45, 2.75) is 81.2 Å². The molecule has 2 fully saturated rings. The normalized spacial score (nSPS) is 24.5. The van der Waals surface area contributed by atoms with Crippen LogP contribution in [0.2, 0.25) is 0 Å². The molecule has 0 aliphatic carbocycles. The number of aromatic nitrogens is 8. The van der Waals surface area contributed by atoms with Gasteiger partial charge in [0.2, 0.25) is 11.8 Å². The number of nitrogens with zero attached hydrogens (tertiary/aromatic N) is 10. The number of nitrogens with one attached hydrogen (secondary N) is 2. The van der Waals surface area contributed by atoms with Crippen molar-refractivity contribution < 1.29 is 96.4 Å². The lowest BCUT2D eigenvalue weighted by molar-refractivity contribution is -0.893. The van der Waals surface area contributed by atoms with Gasteiger partial charge >= 0.3 is 0 Å². The molecule has 22 nitrogen and oxygen atoms in total. The van der Waals surface area contributed by atoms with Crippen LogP contribution in [0.4, 0.5) is 11.6 Å². The molecule has 328 valence electrons. The summed E-state index contributed by atoms with van der Waals surface area (Å²) in [6, 6.07) is 0. The lowest BCUT2D eigenvalue weighted by atomic mass is 10.1. The molecule has 6 heterocycles. The van der Waals surface area contributed by atoms with E-state index in [0.717, 1.165) is 0 Å². The summed E-state index contributed by atoms with van der Waals surface area (Å²) < 4.78 is 16.2. The molecule has 8 atom stereocenters. The van der Waals surface area contributed by atoms with E-state index in [0.29, 0.717) is 103 Å². The van der Waals surface area contributed by atoms with Crippen molar-refractivity contribution in [1.82, 2.24) is 49.7 Å². The van der Waals surface area contributed by atoms with Crippen molar-refractivity contribution >= 4 is 45.8 Å². The molecule has 0 radical (unpaired) electrons. The highest BCUT2D eigenvalue weighted by molar-refractivity contribution is 5.82. The number of anilines is 2. The molecule has 4 aromatic heterocycles. The van der Waals surface area contributed by atoms with Crippen LogP contribution in [0.15, 0.2) is 25.3 Å². The van der Waals surface area contributed by atoms with Crippen molar-refractivity contribution in [3.05, 3.63) is 25.3 Å². The van der Waals surface area contributed by atoms with Gasteiger partial charge in [-0.25, -0.2) is 29.9 Å². The Hall–Kier alpha value is -3.22. The van der Waals surface area contributed by atoms with E-state index in [-0.39, 0.29) is 71.4 Å². The number of quaternary nitrogens is 2. The van der Waals surface area contributed by atoms with Gasteiger partial charge in [-0.3, -0.25) is 18.7 Å². The predicted molar refractivity (Wildman–Crippen MR) is 204 cm³/mol. The van der Waals surface area contributed by atoms with E-state index in [4.69, 9.17) is 20.9 Å². The molecule has 6 rings (SSSR count). The van der Waals surface area contributed by atoms with E-state index in [2.05, 4.69) is 40.5 Å². The summed E-state index contributed by atoms with van der Waals surface area (Å²) in [5.74, 6) is 0.236. The molecule has 24 heteroatoms. The fourth-order valence-electron chi connectivity index (χ4n) is 7.55. The summed E-state index contributed by atoms with van der Waals surface area (Å²) in [7, 11) is 7.91. The molecular weight excluding hydrogens is 998 g/mol. The monoisotopic (exact) mass is 1050 g/mol. The number of carbonyl (C=O) groups excluding carboxylic acids is 2. The predicted octanol–water partition coefficient (Wildman–Crippen LogP) is -8.59. The SMILES string of the molecule is C[N+](C)(CCCC(=O)NCCCNC(=O)CCC[N+](C)(C)C[C@H]1O[C@@H](n2cnc3c(N)ncnc32)[C@H](O)[C@@H]1O)C[C@H]1O[C@@H](n2cnc3c(N)ncnc32)[C@H](O)[C@@H]1O.[I-].[I-]. The number of rotatable bonds is 18. The molecule has 2 saturated heterocycles. The van der Waals surface area contributed by atoms with Crippen molar-refractivity contribution in [2.24, 2.45) is 0 Å². The maximum Gasteiger partial charge on any atom is 0.220 e. The largest absolute Gasteiger partial charge is 1.00 e. The molecule has 2 aliphatic rings. The molecule has 2 amide bonds. The number of nitrogens with two attached hydrogens (primary N) is 2. The van der Waals surface area contributed by atoms with Gasteiger partial charge < -0.3 is 109 Å². The number of fused-ring (bicyclic) bond motifs is 2. The Kier molecular flexibility index (Phi) is 16.9. The smallest absolute Gasteiger partial charge is 0.220 e. The standard InChI is InChI=1S/C35H54N14O8.2HI/c1-48(2,14-20-26(52)28(54)34(56-20)46-18-44-24-30(36)40-16-42-32(24)46)12-5-8-22(50)38-10-7-11-39-23(51)9-6-13-49(3,4)15-21-27(53)29(55)35(57-21)47-19-45-25-31(37)41-17-43-33(25)47;;/h16-21,26-29,34-35,52-55H,5-15H2,1-4H3,(H4-2,36,37,38,39,40,41,42,43,50,51);2*1H/t20-,21-,26-,27-,28-,29-,34-,35-;;/m1../s1. The molecule has 59 heavy (non-hydrogen) atoms. The number of hydrogen-bond acceptors (Lipinski definition) is 16. The third-order valence-corrected chi connectivity index (χ3v) is 10.7. The van der Waals surface area contributed by atoms with Gasteiger partial charge in [-0.05, 0) is 6.42 Å². The molecule has 0 spiro atoms. The van der Waals surface area contributed by atoms with Gasteiger partial charge in [0.1, 0.15) is 73.4 Å². The van der Waals surface area contributed by atoms with E-state index in [1.54, 1.807) is 9.13 Å². The highest BCUT2D eigenvalue weighted by Gasteiger charge is 2.48. The number of nitrogen functional groups attached to an aromatic ring is 2. The number of halogens is 2. The van der Waals surface area contributed by atoms with Gasteiger partial charge in [0.15, 0.2) is 35.4 Å². The average Bonchev–Trinajstić information content (AvgIpc) is 3.91. The van der Waals surface area contributed by atoms with Crippen LogP contribution in [0.3, 0.4) is 0 Å². The first-order chi connectivity index (χ1) is 27.0. The third-order valence-electron chi connectivity index (χ3n) is 10.7. The first-order valence-corrected chi connectivity index (χ1v) is 19.1. The summed E-state index contributed by atoms with van der Waals surface area (Å²) >= 11 is 0. The van der Waals surface area contributed by atoms with Crippen LogP contribution in [0.25, 0.3) is 22.3 Å². The van der Waals surface area contributed by atoms with E-state index in [1.807, 2.05) is 28.2 Å². The summed E-state index contributed by atoms with van der Waals surface area (Å²) in [5, 5.41) is 49.0. The summed E-state index contributed by atoms with van der Waals surface area (Å²) in [5.41, 5.74) is 13.3. The second-order valence-electron chi connectivity index (χ2n) is 16.2. The van der Waals surface area contributed by atoms with Crippen LogP contribution in [-0.4, -0.2) is 184 Å². The maximum atomic E-state index is 12.5. The Labute approximate surface area is 375 Å². The summed E-state index contributed by atoms with van der Waals surface area (Å²) in [6.45, 7) is 2.92. The number of imidazole rings is 2. The van der Waals surface area contributed by atoms with Gasteiger partial charge in [-0.2, -0.15) is 0 Å². The number of likely N-dealkylation sites (N-methyl/N-ethyl adjacent to an activating group) is 2. The van der Waals surface area contributed by atoms with E-state index >= 15 is 0 Å². The Morgan fingerprint density at radius 3 is 1.42 bits per heavy atom. The van der Waals surface area contributed by atoms with Crippen LogP contribution < -0.4 is 70.1 Å². The number of aliphatic hydroxyl groups excluding tert-OH is 4. The second-order valence-corrected chi connectivity index (χ2v) is 16.2. The van der Waals surface area contributed by atoms with Gasteiger partial charge in [0.05, 0.1) is 53.9 Å². The van der Waals surface area contributed by atoms with E-state index in [9.17, 15) is 30.0 Å². The first-order valence-electron chi connectivity index (χ1n) is 19.1. The lowest BCUT2D eigenvalue weighted by Crippen LogP contribution is -3.00. The molecule has 2 aliphatic heterocycles. The molecule has 0 aromatic carbocycles. The molecule has 4 aromatic rings. The topological polar surface area (TPSA) is 297 Å². The quantitative estimate of drug-likeness (QED) is 0.0261. The summed E-state index contributed by atoms with van der Waals surface area (Å²) in [4.78, 5) is 49.8. The zero-order valence-corrected chi connectivity index (χ0v) is 37.8. The Bertz CT molecular complexity index is 1880. The average molecular weight is 1050 g/mol. The maximum absolute atomic E-state index is 12.5. The van der Waals surface area contributed by atoms with Gasteiger partial charge in [-0.1, -0.05) is 0 Å². The fraction of sp³-hybridized carbons (Fsp3) is 0.657. The van der Waals surface area contributed by atoms with Crippen LogP contribution in [0, 0.1) is 0 Å². The lowest BCUT2D eigenvalue weighted by Gasteiger charge is -2.33. The molecule has 0 bridgehead atoms. The number of aliphatic hydroxyl groups is 4. The number of amides is 2. The first kappa shape index (κ1) is 48.4. The van der Waals surface area contributed by atoms with Crippen LogP contribution in [0.1, 0.15) is 44.6 Å². The van der Waals surface area contributed by atoms with Crippen LogP contribution >= 0.6 is 0 Å². The number of hydrogen-bond donors (Lipinski definition) is 8. The van der Waals surface area contributed by atoms with Crippen molar-refractivity contribution in [3.8, 4) is 0 Å². The van der Waals surface area contributed by atoms with E-state index < -0.39 is 49.1 Å². The Balaban J connectivity index is 0.00000384. The minimum Gasteiger partial charge on any atom is -1.00 e. The van der Waals surface area contributed by atoms with Crippen molar-refractivity contribution in [2.75, 3.05) is 78.9 Å². The zero-order valence-electron chi connectivity index (χ0n) is 33.5. The number of ether oxygens (including phenoxy) is 2. The highest BCUT2D eigenvalue weighted by atomic mass is 127. The zero-order chi connectivity index (χ0) is 41.1. The highest BCUT2D eigenvalue weighted by Crippen LogP contribution is 2.34. The number of carbonyl (C=O) groups is 2. The van der Waals surface area contributed by atoms with Crippen LogP contribution in [-0.2, 0) is 19.1 Å². The molecule has 10 N–H and O–H groups in total. The minimum atomic E-state index is -1.20. The van der Waals surface area contributed by atoms with E-state index in [1.165, 1.54) is 25.3 Å². The third kappa shape index (κ3) is 11.6. The molecule has 0 unspecified atom stereocenters. The molecular formula is C35H56I2N14O8. The van der Waals surface area contributed by atoms with Crippen molar-refractivity contribution in [1.29, 1.82) is 0 Å². The minimum absolute atomic E-state index is 0. The van der Waals surface area contributed by atoms with Crippen LogP contribution in [0.5, 0.6) is 0 Å². The summed E-state index contributed by atoms with van der Waals surface area (Å²) in [6.07, 6.45) is 0.124.